The van der Waals surface area contributed by atoms with Gasteiger partial charge in [0, 0.05) is 12.1 Å². The second-order valence-electron chi connectivity index (χ2n) is 6.01. The minimum absolute atomic E-state index is 0.529. The fourth-order valence-corrected chi connectivity index (χ4v) is 3.12. The van der Waals surface area contributed by atoms with Crippen LogP contribution < -0.4 is 5.32 Å². The molecule has 1 aliphatic rings. The maximum Gasteiger partial charge on any atom is 0.0320 e. The minimum Gasteiger partial charge on any atom is -0.307 e. The molecule has 0 bridgehead atoms. The summed E-state index contributed by atoms with van der Waals surface area (Å²) >= 11 is 0. The highest BCUT2D eigenvalue weighted by molar-refractivity contribution is 5.24. The summed E-state index contributed by atoms with van der Waals surface area (Å²) in [6.07, 6.45) is 6.69. The van der Waals surface area contributed by atoms with E-state index in [4.69, 9.17) is 0 Å². The lowest BCUT2D eigenvalue weighted by Crippen LogP contribution is -2.36. The summed E-state index contributed by atoms with van der Waals surface area (Å²) in [6.45, 7) is 6.82. The van der Waals surface area contributed by atoms with Crippen LogP contribution in [0.5, 0.6) is 0 Å². The van der Waals surface area contributed by atoms with Crippen molar-refractivity contribution in [3.63, 3.8) is 0 Å². The van der Waals surface area contributed by atoms with Gasteiger partial charge in [-0.2, -0.15) is 0 Å². The Hall–Kier alpha value is -0.820. The minimum atomic E-state index is 0.529. The molecule has 1 nitrogen and oxygen atoms in total. The molecule has 3 atom stereocenters. The van der Waals surface area contributed by atoms with Gasteiger partial charge in [0.25, 0.3) is 0 Å². The van der Waals surface area contributed by atoms with Crippen LogP contribution in [0.2, 0.25) is 0 Å². The molecule has 0 aliphatic heterocycles. The van der Waals surface area contributed by atoms with Crippen molar-refractivity contribution in [1.29, 1.82) is 0 Å². The maximum absolute atomic E-state index is 3.87. The predicted octanol–water partition coefficient (Wildman–Crippen LogP) is 4.61. The van der Waals surface area contributed by atoms with Crippen LogP contribution >= 0.6 is 0 Å². The Kier molecular flexibility index (Phi) is 4.82. The Bertz CT molecular complexity index is 354. The van der Waals surface area contributed by atoms with Crippen molar-refractivity contribution in [2.45, 2.75) is 65.0 Å². The first kappa shape index (κ1) is 13.6. The van der Waals surface area contributed by atoms with Gasteiger partial charge in [0.1, 0.15) is 0 Å². The van der Waals surface area contributed by atoms with Crippen molar-refractivity contribution in [3.8, 4) is 0 Å². The van der Waals surface area contributed by atoms with E-state index < -0.39 is 0 Å². The summed E-state index contributed by atoms with van der Waals surface area (Å²) in [4.78, 5) is 0. The van der Waals surface area contributed by atoms with Crippen LogP contribution in [0, 0.1) is 12.8 Å². The molecule has 0 radical (unpaired) electrons. The van der Waals surface area contributed by atoms with Crippen molar-refractivity contribution in [3.05, 3.63) is 35.4 Å². The summed E-state index contributed by atoms with van der Waals surface area (Å²) in [5.41, 5.74) is 2.79. The van der Waals surface area contributed by atoms with Gasteiger partial charge in [0.05, 0.1) is 0 Å². The molecule has 1 aromatic rings. The van der Waals surface area contributed by atoms with E-state index >= 15 is 0 Å². The third-order valence-electron chi connectivity index (χ3n) is 4.26. The fourth-order valence-electron chi connectivity index (χ4n) is 3.12. The highest BCUT2D eigenvalue weighted by Gasteiger charge is 2.21. The van der Waals surface area contributed by atoms with Crippen LogP contribution in [0.1, 0.15) is 63.1 Å². The molecule has 0 aromatic heterocycles. The van der Waals surface area contributed by atoms with Crippen LogP contribution in [-0.2, 0) is 0 Å². The van der Waals surface area contributed by atoms with E-state index in [1.807, 2.05) is 0 Å². The topological polar surface area (TPSA) is 12.0 Å². The van der Waals surface area contributed by atoms with Crippen molar-refractivity contribution >= 4 is 0 Å². The Morgan fingerprint density at radius 2 is 1.94 bits per heavy atom. The molecule has 1 saturated carbocycles. The van der Waals surface area contributed by atoms with E-state index in [2.05, 4.69) is 50.4 Å². The lowest BCUT2D eigenvalue weighted by Gasteiger charge is -2.31. The second-order valence-corrected chi connectivity index (χ2v) is 6.01. The van der Waals surface area contributed by atoms with Crippen LogP contribution in [0.4, 0.5) is 0 Å². The lowest BCUT2D eigenvalue weighted by molar-refractivity contribution is 0.278. The maximum atomic E-state index is 3.87. The number of hydrogen-bond donors (Lipinski definition) is 1. The molecule has 1 aliphatic carbocycles. The molecule has 2 rings (SSSR count). The van der Waals surface area contributed by atoms with Gasteiger partial charge in [0.15, 0.2) is 0 Å². The summed E-state index contributed by atoms with van der Waals surface area (Å²) in [7, 11) is 0. The summed E-state index contributed by atoms with van der Waals surface area (Å²) in [5.74, 6) is 0.895. The molecule has 1 N–H and O–H groups in total. The highest BCUT2D eigenvalue weighted by Crippen LogP contribution is 2.26. The van der Waals surface area contributed by atoms with Gasteiger partial charge in [0.2, 0.25) is 0 Å². The monoisotopic (exact) mass is 245 g/mol. The standard InChI is InChI=1S/C17H27N/c1-4-17(15-10-8-13(2)9-11-15)18-16-7-5-6-14(3)12-16/h8-11,14,16-18H,4-7,12H2,1-3H3. The molecule has 1 fully saturated rings. The Morgan fingerprint density at radius 3 is 2.56 bits per heavy atom. The fraction of sp³-hybridized carbons (Fsp3) is 0.647. The molecular formula is C17H27N. The number of aryl methyl sites for hydroxylation is 1. The van der Waals surface area contributed by atoms with E-state index in [1.165, 1.54) is 43.2 Å². The zero-order valence-electron chi connectivity index (χ0n) is 12.1. The molecule has 0 saturated heterocycles. The smallest absolute Gasteiger partial charge is 0.0320 e. The van der Waals surface area contributed by atoms with Gasteiger partial charge in [-0.1, -0.05) is 56.5 Å². The second kappa shape index (κ2) is 6.38. The first-order valence-corrected chi connectivity index (χ1v) is 7.51. The van der Waals surface area contributed by atoms with Crippen LogP contribution in [-0.4, -0.2) is 6.04 Å². The average Bonchev–Trinajstić information content (AvgIpc) is 2.37. The Balaban J connectivity index is 1.98. The van der Waals surface area contributed by atoms with E-state index in [-0.39, 0.29) is 0 Å². The zero-order chi connectivity index (χ0) is 13.0. The third kappa shape index (κ3) is 3.58. The van der Waals surface area contributed by atoms with Crippen LogP contribution in [0.25, 0.3) is 0 Å². The lowest BCUT2D eigenvalue weighted by atomic mass is 9.86. The SMILES string of the molecule is CCC(NC1CCCC(C)C1)c1ccc(C)cc1. The van der Waals surface area contributed by atoms with E-state index in [1.54, 1.807) is 0 Å². The molecular weight excluding hydrogens is 218 g/mol. The van der Waals surface area contributed by atoms with Gasteiger partial charge >= 0.3 is 0 Å². The molecule has 0 heterocycles. The summed E-state index contributed by atoms with van der Waals surface area (Å²) < 4.78 is 0. The molecule has 100 valence electrons. The molecule has 1 aromatic carbocycles. The Labute approximate surface area is 112 Å². The largest absolute Gasteiger partial charge is 0.307 e. The van der Waals surface area contributed by atoms with Crippen molar-refractivity contribution < 1.29 is 0 Å². The van der Waals surface area contributed by atoms with Crippen molar-refractivity contribution in [1.82, 2.24) is 5.32 Å². The first-order valence-electron chi connectivity index (χ1n) is 7.51. The van der Waals surface area contributed by atoms with E-state index in [9.17, 15) is 0 Å². The molecule has 18 heavy (non-hydrogen) atoms. The third-order valence-corrected chi connectivity index (χ3v) is 4.26. The number of hydrogen-bond acceptors (Lipinski definition) is 1. The Morgan fingerprint density at radius 1 is 1.22 bits per heavy atom. The van der Waals surface area contributed by atoms with Gasteiger partial charge in [-0.15, -0.1) is 0 Å². The normalized spacial score (nSPS) is 25.9. The first-order chi connectivity index (χ1) is 8.69. The van der Waals surface area contributed by atoms with Gasteiger partial charge in [-0.05, 0) is 37.7 Å². The molecule has 3 unspecified atom stereocenters. The van der Waals surface area contributed by atoms with Crippen LogP contribution in [0.15, 0.2) is 24.3 Å². The zero-order valence-corrected chi connectivity index (χ0v) is 12.1. The number of benzene rings is 1. The number of rotatable bonds is 4. The van der Waals surface area contributed by atoms with Crippen molar-refractivity contribution in [2.24, 2.45) is 5.92 Å². The molecule has 0 spiro atoms. The van der Waals surface area contributed by atoms with Crippen molar-refractivity contribution in [2.75, 3.05) is 0 Å². The summed E-state index contributed by atoms with van der Waals surface area (Å²) in [6, 6.07) is 10.3. The van der Waals surface area contributed by atoms with Gasteiger partial charge in [-0.25, -0.2) is 0 Å². The quantitative estimate of drug-likeness (QED) is 0.816. The predicted molar refractivity (Wildman–Crippen MR) is 78.8 cm³/mol. The van der Waals surface area contributed by atoms with Gasteiger partial charge in [-0.3, -0.25) is 0 Å². The average molecular weight is 245 g/mol. The van der Waals surface area contributed by atoms with Gasteiger partial charge < -0.3 is 5.32 Å². The highest BCUT2D eigenvalue weighted by atomic mass is 14.9. The molecule has 1 heteroatoms. The number of nitrogens with one attached hydrogen (secondary N) is 1. The van der Waals surface area contributed by atoms with E-state index in [0.717, 1.165) is 12.0 Å². The molecule has 0 amide bonds. The summed E-state index contributed by atoms with van der Waals surface area (Å²) in [5, 5.41) is 3.87. The van der Waals surface area contributed by atoms with E-state index in [0.29, 0.717) is 6.04 Å². The van der Waals surface area contributed by atoms with Crippen LogP contribution in [0.3, 0.4) is 0 Å².